The maximum Gasteiger partial charge on any atom is 0.131 e. The molecule has 0 unspecified atom stereocenters. The fraction of sp³-hybridized carbons (Fsp3) is 0.133. The number of halogens is 2. The lowest BCUT2D eigenvalue weighted by Gasteiger charge is -2.07. The first kappa shape index (κ1) is 13.2. The van der Waals surface area contributed by atoms with Crippen molar-refractivity contribution in [2.75, 3.05) is 7.05 Å². The Bertz CT molecular complexity index is 645. The van der Waals surface area contributed by atoms with E-state index in [4.69, 9.17) is 5.26 Å². The third-order valence-electron chi connectivity index (χ3n) is 2.75. The van der Waals surface area contributed by atoms with Crippen LogP contribution in [-0.4, -0.2) is 7.05 Å². The van der Waals surface area contributed by atoms with E-state index in [1.54, 1.807) is 19.2 Å². The molecular weight excluding hydrogens is 246 g/mol. The van der Waals surface area contributed by atoms with Crippen LogP contribution in [0.1, 0.15) is 11.1 Å². The van der Waals surface area contributed by atoms with E-state index in [1.165, 1.54) is 18.2 Å². The molecule has 96 valence electrons. The topological polar surface area (TPSA) is 35.8 Å². The molecule has 2 nitrogen and oxygen atoms in total. The zero-order chi connectivity index (χ0) is 13.8. The second-order valence-electron chi connectivity index (χ2n) is 4.18. The van der Waals surface area contributed by atoms with Crippen LogP contribution in [0.4, 0.5) is 8.78 Å². The molecule has 0 bridgehead atoms. The van der Waals surface area contributed by atoms with Crippen LogP contribution in [0.2, 0.25) is 0 Å². The molecule has 0 aromatic heterocycles. The summed E-state index contributed by atoms with van der Waals surface area (Å²) < 4.78 is 27.2. The molecule has 0 aliphatic rings. The van der Waals surface area contributed by atoms with Gasteiger partial charge in [0.25, 0.3) is 0 Å². The Balaban J connectivity index is 2.54. The number of nitrogens with zero attached hydrogens (tertiary/aromatic N) is 1. The molecule has 2 rings (SSSR count). The highest BCUT2D eigenvalue weighted by Crippen LogP contribution is 2.26. The quantitative estimate of drug-likeness (QED) is 0.917. The van der Waals surface area contributed by atoms with Crippen molar-refractivity contribution in [1.82, 2.24) is 5.32 Å². The lowest BCUT2D eigenvalue weighted by molar-refractivity contribution is 0.623. The van der Waals surface area contributed by atoms with Gasteiger partial charge in [-0.15, -0.1) is 0 Å². The SMILES string of the molecule is CNCc1ccc(F)c(-c2cc(F)cc(C#N)c2)c1. The molecule has 0 spiro atoms. The van der Waals surface area contributed by atoms with Gasteiger partial charge >= 0.3 is 0 Å². The Kier molecular flexibility index (Phi) is 3.88. The van der Waals surface area contributed by atoms with Crippen LogP contribution in [0.25, 0.3) is 11.1 Å². The van der Waals surface area contributed by atoms with Crippen molar-refractivity contribution >= 4 is 0 Å². The predicted molar refractivity (Wildman–Crippen MR) is 69.3 cm³/mol. The minimum Gasteiger partial charge on any atom is -0.316 e. The van der Waals surface area contributed by atoms with Crippen LogP contribution < -0.4 is 5.32 Å². The highest BCUT2D eigenvalue weighted by molar-refractivity contribution is 5.66. The van der Waals surface area contributed by atoms with Gasteiger partial charge in [-0.1, -0.05) is 6.07 Å². The van der Waals surface area contributed by atoms with Crippen molar-refractivity contribution in [3.8, 4) is 17.2 Å². The number of hydrogen-bond donors (Lipinski definition) is 1. The van der Waals surface area contributed by atoms with Crippen LogP contribution >= 0.6 is 0 Å². The van der Waals surface area contributed by atoms with Gasteiger partial charge < -0.3 is 5.32 Å². The zero-order valence-electron chi connectivity index (χ0n) is 10.4. The molecule has 0 radical (unpaired) electrons. The maximum absolute atomic E-state index is 13.8. The standard InChI is InChI=1S/C15H12F2N2/c1-19-9-10-2-3-15(17)14(6-10)12-4-11(8-18)5-13(16)7-12/h2-7,19H,9H2,1H3. The summed E-state index contributed by atoms with van der Waals surface area (Å²) in [6.45, 7) is 0.591. The molecule has 0 aliphatic carbocycles. The van der Waals surface area contributed by atoms with Crippen LogP contribution in [0, 0.1) is 23.0 Å². The lowest BCUT2D eigenvalue weighted by atomic mass is 10.0. The molecule has 2 aromatic rings. The van der Waals surface area contributed by atoms with Crippen molar-refractivity contribution in [2.24, 2.45) is 0 Å². The molecule has 0 heterocycles. The third kappa shape index (κ3) is 2.95. The first-order chi connectivity index (χ1) is 9.13. The molecular formula is C15H12F2N2. The Morgan fingerprint density at radius 3 is 2.63 bits per heavy atom. The Morgan fingerprint density at radius 2 is 1.95 bits per heavy atom. The summed E-state index contributed by atoms with van der Waals surface area (Å²) in [7, 11) is 1.79. The van der Waals surface area contributed by atoms with E-state index in [0.717, 1.165) is 11.6 Å². The molecule has 0 amide bonds. The second-order valence-corrected chi connectivity index (χ2v) is 4.18. The summed E-state index contributed by atoms with van der Waals surface area (Å²) in [5, 5.41) is 11.8. The highest BCUT2D eigenvalue weighted by atomic mass is 19.1. The van der Waals surface area contributed by atoms with Crippen LogP contribution in [0.15, 0.2) is 36.4 Å². The van der Waals surface area contributed by atoms with Crippen molar-refractivity contribution in [3.05, 3.63) is 59.2 Å². The smallest absolute Gasteiger partial charge is 0.131 e. The number of hydrogen-bond acceptors (Lipinski definition) is 2. The molecule has 0 saturated carbocycles. The van der Waals surface area contributed by atoms with Crippen LogP contribution in [0.3, 0.4) is 0 Å². The number of benzene rings is 2. The normalized spacial score (nSPS) is 10.2. The number of rotatable bonds is 3. The van der Waals surface area contributed by atoms with E-state index in [9.17, 15) is 8.78 Å². The van der Waals surface area contributed by atoms with Gasteiger partial charge in [0, 0.05) is 12.1 Å². The van der Waals surface area contributed by atoms with Crippen LogP contribution in [0.5, 0.6) is 0 Å². The minimum atomic E-state index is -0.549. The highest BCUT2D eigenvalue weighted by Gasteiger charge is 2.09. The zero-order valence-corrected chi connectivity index (χ0v) is 10.4. The second kappa shape index (κ2) is 5.59. The number of nitrogens with one attached hydrogen (secondary N) is 1. The maximum atomic E-state index is 13.8. The van der Waals surface area contributed by atoms with E-state index in [0.29, 0.717) is 17.7 Å². The van der Waals surface area contributed by atoms with E-state index in [2.05, 4.69) is 5.32 Å². The summed E-state index contributed by atoms with van der Waals surface area (Å²) in [6.07, 6.45) is 0. The predicted octanol–water partition coefficient (Wildman–Crippen LogP) is 3.22. The Labute approximate surface area is 110 Å². The van der Waals surface area contributed by atoms with Gasteiger partial charge in [-0.25, -0.2) is 8.78 Å². The summed E-state index contributed by atoms with van der Waals surface area (Å²) in [5.41, 5.74) is 1.73. The largest absolute Gasteiger partial charge is 0.316 e. The summed E-state index contributed by atoms with van der Waals surface area (Å²) in [5.74, 6) is -0.984. The first-order valence-corrected chi connectivity index (χ1v) is 5.78. The summed E-state index contributed by atoms with van der Waals surface area (Å²) >= 11 is 0. The van der Waals surface area contributed by atoms with E-state index >= 15 is 0 Å². The molecule has 2 aromatic carbocycles. The summed E-state index contributed by atoms with van der Waals surface area (Å²) in [4.78, 5) is 0. The van der Waals surface area contributed by atoms with Crippen molar-refractivity contribution < 1.29 is 8.78 Å². The third-order valence-corrected chi connectivity index (χ3v) is 2.75. The molecule has 4 heteroatoms. The molecule has 0 atom stereocenters. The van der Waals surface area contributed by atoms with E-state index in [-0.39, 0.29) is 5.56 Å². The fourth-order valence-corrected chi connectivity index (χ4v) is 1.92. The van der Waals surface area contributed by atoms with Gasteiger partial charge in [-0.05, 0) is 48.5 Å². The molecule has 0 aliphatic heterocycles. The first-order valence-electron chi connectivity index (χ1n) is 5.78. The molecule has 19 heavy (non-hydrogen) atoms. The van der Waals surface area contributed by atoms with Crippen LogP contribution in [-0.2, 0) is 6.54 Å². The van der Waals surface area contributed by atoms with E-state index < -0.39 is 11.6 Å². The molecule has 1 N–H and O–H groups in total. The average molecular weight is 258 g/mol. The van der Waals surface area contributed by atoms with E-state index in [1.807, 2.05) is 6.07 Å². The summed E-state index contributed by atoms with van der Waals surface area (Å²) in [6, 6.07) is 10.4. The molecule has 0 saturated heterocycles. The average Bonchev–Trinajstić information content (AvgIpc) is 2.40. The van der Waals surface area contributed by atoms with Gasteiger partial charge in [0.15, 0.2) is 0 Å². The monoisotopic (exact) mass is 258 g/mol. The Morgan fingerprint density at radius 1 is 1.16 bits per heavy atom. The van der Waals surface area contributed by atoms with Crippen molar-refractivity contribution in [3.63, 3.8) is 0 Å². The van der Waals surface area contributed by atoms with Gasteiger partial charge in [0.2, 0.25) is 0 Å². The van der Waals surface area contributed by atoms with Gasteiger partial charge in [0.05, 0.1) is 11.6 Å². The van der Waals surface area contributed by atoms with Gasteiger partial charge in [0.1, 0.15) is 11.6 Å². The lowest BCUT2D eigenvalue weighted by Crippen LogP contribution is -2.05. The van der Waals surface area contributed by atoms with Crippen molar-refractivity contribution in [1.29, 1.82) is 5.26 Å². The molecule has 0 fully saturated rings. The van der Waals surface area contributed by atoms with Crippen molar-refractivity contribution in [2.45, 2.75) is 6.54 Å². The fourth-order valence-electron chi connectivity index (χ4n) is 1.92. The van der Waals surface area contributed by atoms with Gasteiger partial charge in [-0.2, -0.15) is 5.26 Å². The Hall–Kier alpha value is -2.25. The number of nitriles is 1. The van der Waals surface area contributed by atoms with Gasteiger partial charge in [-0.3, -0.25) is 0 Å². The minimum absolute atomic E-state index is 0.174.